The lowest BCUT2D eigenvalue weighted by Crippen LogP contribution is -2.39. The van der Waals surface area contributed by atoms with E-state index in [1.807, 2.05) is 6.26 Å². The van der Waals surface area contributed by atoms with E-state index in [9.17, 15) is 0 Å². The fourth-order valence-corrected chi connectivity index (χ4v) is 5.68. The molecule has 3 aromatic heterocycles. The number of ether oxygens (including phenoxy) is 3. The number of hydrogen-bond donors (Lipinski definition) is 0. The van der Waals surface area contributed by atoms with Gasteiger partial charge in [0, 0.05) is 30.5 Å². The summed E-state index contributed by atoms with van der Waals surface area (Å²) < 4.78 is 18.8. The molecule has 0 atom stereocenters. The molecule has 0 bridgehead atoms. The molecule has 1 fully saturated rings. The highest BCUT2D eigenvalue weighted by Gasteiger charge is 2.33. The molecule has 0 amide bonds. The third-order valence-electron chi connectivity index (χ3n) is 5.75. The minimum Gasteiger partial charge on any atom is -0.477 e. The topological polar surface area (TPSA) is 69.6 Å². The van der Waals surface area contributed by atoms with Gasteiger partial charge in [-0.3, -0.25) is 0 Å². The van der Waals surface area contributed by atoms with Crippen molar-refractivity contribution in [1.82, 2.24) is 15.0 Å². The van der Waals surface area contributed by atoms with Crippen LogP contribution in [0.5, 0.6) is 5.88 Å². The number of hydrogen-bond acceptors (Lipinski definition) is 9. The van der Waals surface area contributed by atoms with Crippen LogP contribution in [0.3, 0.4) is 0 Å². The van der Waals surface area contributed by atoms with Crippen LogP contribution < -0.4 is 9.64 Å². The van der Waals surface area contributed by atoms with Gasteiger partial charge in [-0.15, -0.1) is 11.3 Å². The number of thioether (sulfide) groups is 1. The standard InChI is InChI=1S/C22H28N4O3S2/c1-5-8-28-19-17-16(23-21(25-19)30-4)15-13-11-22(2,3)29-12-14(13)18(24-20(15)31-17)26-6-9-27-10-7-26/h5-12H2,1-4H3. The van der Waals surface area contributed by atoms with Crippen molar-refractivity contribution in [3.05, 3.63) is 11.1 Å². The van der Waals surface area contributed by atoms with E-state index < -0.39 is 0 Å². The second-order valence-corrected chi connectivity index (χ2v) is 10.3. The minimum absolute atomic E-state index is 0.227. The molecule has 0 spiro atoms. The lowest BCUT2D eigenvalue weighted by molar-refractivity contribution is -0.0396. The second kappa shape index (κ2) is 8.35. The van der Waals surface area contributed by atoms with Crippen molar-refractivity contribution < 1.29 is 14.2 Å². The van der Waals surface area contributed by atoms with Crippen molar-refractivity contribution in [2.24, 2.45) is 0 Å². The van der Waals surface area contributed by atoms with Crippen LogP contribution >= 0.6 is 23.1 Å². The average molecular weight is 461 g/mol. The Morgan fingerprint density at radius 3 is 2.71 bits per heavy atom. The van der Waals surface area contributed by atoms with Crippen molar-refractivity contribution >= 4 is 49.3 Å². The van der Waals surface area contributed by atoms with Gasteiger partial charge in [-0.25, -0.2) is 9.97 Å². The van der Waals surface area contributed by atoms with E-state index in [2.05, 4.69) is 30.7 Å². The SMILES string of the molecule is CCCOc1nc(SC)nc2c1sc1nc(N3CCOCC3)c3c(c12)CC(C)(C)OC3. The Hall–Kier alpha value is -1.68. The molecule has 166 valence electrons. The van der Waals surface area contributed by atoms with Gasteiger partial charge in [-0.1, -0.05) is 18.7 Å². The molecule has 7 nitrogen and oxygen atoms in total. The third-order valence-corrected chi connectivity index (χ3v) is 7.36. The van der Waals surface area contributed by atoms with Crippen molar-refractivity contribution in [3.63, 3.8) is 0 Å². The van der Waals surface area contributed by atoms with Gasteiger partial charge in [-0.2, -0.15) is 4.98 Å². The first-order valence-electron chi connectivity index (χ1n) is 10.8. The molecule has 0 radical (unpaired) electrons. The Morgan fingerprint density at radius 1 is 1.16 bits per heavy atom. The first kappa shape index (κ1) is 21.2. The molecular weight excluding hydrogens is 432 g/mol. The molecule has 5 heterocycles. The van der Waals surface area contributed by atoms with E-state index in [1.54, 1.807) is 23.1 Å². The molecule has 0 N–H and O–H groups in total. The lowest BCUT2D eigenvalue weighted by atomic mass is 9.90. The van der Waals surface area contributed by atoms with E-state index in [0.717, 1.165) is 70.6 Å². The first-order valence-corrected chi connectivity index (χ1v) is 12.8. The molecule has 5 rings (SSSR count). The third kappa shape index (κ3) is 3.86. The number of aromatic nitrogens is 3. The molecule has 0 saturated carbocycles. The van der Waals surface area contributed by atoms with Crippen LogP contribution in [0.15, 0.2) is 5.16 Å². The molecular formula is C22H28N4O3S2. The van der Waals surface area contributed by atoms with Crippen molar-refractivity contribution in [2.75, 3.05) is 44.1 Å². The number of pyridine rings is 1. The maximum Gasteiger partial charge on any atom is 0.235 e. The summed E-state index contributed by atoms with van der Waals surface area (Å²) in [6, 6.07) is 0. The van der Waals surface area contributed by atoms with E-state index in [4.69, 9.17) is 24.2 Å². The first-order chi connectivity index (χ1) is 15.0. The zero-order valence-corrected chi connectivity index (χ0v) is 20.1. The molecule has 1 saturated heterocycles. The largest absolute Gasteiger partial charge is 0.477 e. The van der Waals surface area contributed by atoms with Gasteiger partial charge in [-0.05, 0) is 32.1 Å². The smallest absolute Gasteiger partial charge is 0.235 e. The zero-order valence-electron chi connectivity index (χ0n) is 18.5. The maximum atomic E-state index is 6.23. The Kier molecular flexibility index (Phi) is 5.70. The van der Waals surface area contributed by atoms with Crippen molar-refractivity contribution in [3.8, 4) is 5.88 Å². The van der Waals surface area contributed by atoms with Gasteiger partial charge in [0.15, 0.2) is 5.16 Å². The van der Waals surface area contributed by atoms with Crippen LogP contribution in [-0.2, 0) is 22.5 Å². The molecule has 3 aromatic rings. The fraction of sp³-hybridized carbons (Fsp3) is 0.591. The highest BCUT2D eigenvalue weighted by Crippen LogP contribution is 2.45. The highest BCUT2D eigenvalue weighted by molar-refractivity contribution is 7.98. The van der Waals surface area contributed by atoms with Crippen LogP contribution in [0, 0.1) is 0 Å². The molecule has 31 heavy (non-hydrogen) atoms. The summed E-state index contributed by atoms with van der Waals surface area (Å²) in [5, 5.41) is 1.87. The Balaban J connectivity index is 1.78. The Bertz CT molecular complexity index is 1130. The number of anilines is 1. The van der Waals surface area contributed by atoms with Gasteiger partial charge >= 0.3 is 0 Å². The van der Waals surface area contributed by atoms with Crippen molar-refractivity contribution in [1.29, 1.82) is 0 Å². The van der Waals surface area contributed by atoms with Crippen molar-refractivity contribution in [2.45, 2.75) is 51.0 Å². The summed E-state index contributed by atoms with van der Waals surface area (Å²) in [7, 11) is 0. The molecule has 9 heteroatoms. The Morgan fingerprint density at radius 2 is 1.97 bits per heavy atom. The van der Waals surface area contributed by atoms with E-state index in [-0.39, 0.29) is 5.60 Å². The fourth-order valence-electron chi connectivity index (χ4n) is 4.24. The maximum absolute atomic E-state index is 6.23. The van der Waals surface area contributed by atoms with Gasteiger partial charge < -0.3 is 19.1 Å². The number of rotatable bonds is 5. The summed E-state index contributed by atoms with van der Waals surface area (Å²) in [6.45, 7) is 10.8. The van der Waals surface area contributed by atoms with Crippen LogP contribution in [-0.4, -0.2) is 59.7 Å². The summed E-state index contributed by atoms with van der Waals surface area (Å²) in [4.78, 5) is 18.1. The van der Waals surface area contributed by atoms with Gasteiger partial charge in [0.25, 0.3) is 0 Å². The van der Waals surface area contributed by atoms with Gasteiger partial charge in [0.05, 0.1) is 37.5 Å². The molecule has 0 aliphatic carbocycles. The van der Waals surface area contributed by atoms with Crippen LogP contribution in [0.4, 0.5) is 5.82 Å². The lowest BCUT2D eigenvalue weighted by Gasteiger charge is -2.36. The number of fused-ring (bicyclic) bond motifs is 5. The normalized spacial score (nSPS) is 18.5. The summed E-state index contributed by atoms with van der Waals surface area (Å²) in [5.41, 5.74) is 3.23. The van der Waals surface area contributed by atoms with Gasteiger partial charge in [0.2, 0.25) is 5.88 Å². The van der Waals surface area contributed by atoms with Crippen LogP contribution in [0.2, 0.25) is 0 Å². The summed E-state index contributed by atoms with van der Waals surface area (Å²) in [5.74, 6) is 1.70. The van der Waals surface area contributed by atoms with E-state index in [1.165, 1.54) is 11.1 Å². The number of nitrogens with zero attached hydrogens (tertiary/aromatic N) is 4. The zero-order chi connectivity index (χ0) is 21.6. The summed E-state index contributed by atoms with van der Waals surface area (Å²) >= 11 is 3.18. The number of thiophene rings is 1. The summed E-state index contributed by atoms with van der Waals surface area (Å²) in [6.07, 6.45) is 3.76. The molecule has 2 aliphatic heterocycles. The van der Waals surface area contributed by atoms with Crippen LogP contribution in [0.25, 0.3) is 20.4 Å². The Labute approximate surface area is 190 Å². The molecule has 0 unspecified atom stereocenters. The van der Waals surface area contributed by atoms with E-state index >= 15 is 0 Å². The second-order valence-electron chi connectivity index (χ2n) is 8.54. The monoisotopic (exact) mass is 460 g/mol. The van der Waals surface area contributed by atoms with Gasteiger partial charge in [0.1, 0.15) is 15.3 Å². The highest BCUT2D eigenvalue weighted by atomic mass is 32.2. The number of morpholine rings is 1. The van der Waals surface area contributed by atoms with E-state index in [0.29, 0.717) is 19.1 Å². The molecule has 2 aliphatic rings. The minimum atomic E-state index is -0.227. The van der Waals surface area contributed by atoms with Crippen LogP contribution in [0.1, 0.15) is 38.3 Å². The molecule has 0 aromatic carbocycles. The quantitative estimate of drug-likeness (QED) is 0.409. The predicted octanol–water partition coefficient (Wildman–Crippen LogP) is 4.44. The average Bonchev–Trinajstić information content (AvgIpc) is 3.15. The predicted molar refractivity (Wildman–Crippen MR) is 126 cm³/mol.